The molecule has 0 aromatic carbocycles. The van der Waals surface area contributed by atoms with Gasteiger partial charge in [0.05, 0.1) is 6.42 Å². The molecule has 0 aliphatic rings. The van der Waals surface area contributed by atoms with E-state index in [-0.39, 0.29) is 5.92 Å². The molecule has 0 heterocycles. The molecule has 3 unspecified atom stereocenters. The van der Waals surface area contributed by atoms with Gasteiger partial charge in [0.1, 0.15) is 12.1 Å². The highest BCUT2D eigenvalue weighted by Crippen LogP contribution is 2.07. The average Bonchev–Trinajstić information content (AvgIpc) is 2.81. The molecule has 0 fully saturated rings. The lowest BCUT2D eigenvalue weighted by Gasteiger charge is -2.19. The maximum atomic E-state index is 11.8. The number of carbonyl (C=O) groups excluding carboxylic acids is 3. The van der Waals surface area contributed by atoms with Gasteiger partial charge in [0, 0.05) is 12.2 Å². The summed E-state index contributed by atoms with van der Waals surface area (Å²) >= 11 is 0. The number of carboxylic acids is 2. The van der Waals surface area contributed by atoms with Crippen molar-refractivity contribution < 1.29 is 34.2 Å². The molecule has 3 atom stereocenters. The molecular weight excluding hydrogens is 466 g/mol. The summed E-state index contributed by atoms with van der Waals surface area (Å²) in [4.78, 5) is 56.4. The summed E-state index contributed by atoms with van der Waals surface area (Å²) in [7, 11) is 0. The monoisotopic (exact) mass is 499 g/mol. The topological polar surface area (TPSA) is 176 Å². The van der Waals surface area contributed by atoms with Gasteiger partial charge in [0.15, 0.2) is 0 Å². The number of nitrogens with two attached hydrogens (primary N) is 1. The predicted molar refractivity (Wildman–Crippen MR) is 136 cm³/mol. The van der Waals surface area contributed by atoms with Gasteiger partial charge in [-0.3, -0.25) is 14.4 Å². The van der Waals surface area contributed by atoms with Gasteiger partial charge in [-0.25, -0.2) is 9.59 Å². The summed E-state index contributed by atoms with van der Waals surface area (Å²) in [6, 6.07) is -2.30. The quantitative estimate of drug-likeness (QED) is 0.159. The van der Waals surface area contributed by atoms with Gasteiger partial charge in [-0.15, -0.1) is 0 Å². The molecule has 0 aliphatic heterocycles. The van der Waals surface area contributed by atoms with Crippen molar-refractivity contribution in [2.75, 3.05) is 0 Å². The van der Waals surface area contributed by atoms with Gasteiger partial charge in [0.2, 0.25) is 17.7 Å². The Morgan fingerprint density at radius 2 is 1.08 bits per heavy atom. The predicted octanol–water partition coefficient (Wildman–Crippen LogP) is 1.94. The van der Waals surface area contributed by atoms with Crippen LogP contribution < -0.4 is 16.4 Å². The van der Waals surface area contributed by atoms with E-state index in [0.717, 1.165) is 6.08 Å². The van der Waals surface area contributed by atoms with E-state index >= 15 is 0 Å². The number of carboxylic acid groups (broad SMARTS) is 2. The number of hydrogen-bond acceptors (Lipinski definition) is 5. The highest BCUT2D eigenvalue weighted by Gasteiger charge is 2.24. The first-order valence-corrected chi connectivity index (χ1v) is 11.1. The van der Waals surface area contributed by atoms with Crippen LogP contribution in [0.4, 0.5) is 0 Å². The Morgan fingerprint density at radius 1 is 0.694 bits per heavy atom. The Kier molecular flexibility index (Phi) is 16.6. The molecule has 194 valence electrons. The second kappa shape index (κ2) is 18.9. The minimum Gasteiger partial charge on any atom is -0.480 e. The summed E-state index contributed by atoms with van der Waals surface area (Å²) in [6.45, 7) is 3.62. The minimum atomic E-state index is -1.38. The molecule has 0 aromatic rings. The number of hydrogen-bond donors (Lipinski definition) is 5. The second-order valence-electron chi connectivity index (χ2n) is 7.42. The summed E-state index contributed by atoms with van der Waals surface area (Å²) < 4.78 is 0. The van der Waals surface area contributed by atoms with Crippen LogP contribution in [0.15, 0.2) is 85.1 Å². The van der Waals surface area contributed by atoms with Crippen molar-refractivity contribution in [3.63, 3.8) is 0 Å². The molecule has 0 saturated carbocycles. The minimum absolute atomic E-state index is 0.174. The molecule has 6 N–H and O–H groups in total. The first-order chi connectivity index (χ1) is 17.1. The van der Waals surface area contributed by atoms with Crippen LogP contribution in [0.1, 0.15) is 26.7 Å². The van der Waals surface area contributed by atoms with E-state index in [1.54, 1.807) is 67.7 Å². The number of rotatable bonds is 16. The average molecular weight is 500 g/mol. The summed E-state index contributed by atoms with van der Waals surface area (Å²) in [6.07, 6.45) is 22.5. The SMILES string of the molecule is CCC(C)C(NC(=O)C=CC=CC=CC=CC=CC=CC=CC(=O)NC(CC(N)=O)C(=O)O)C(=O)O. The van der Waals surface area contributed by atoms with Gasteiger partial charge < -0.3 is 26.6 Å². The van der Waals surface area contributed by atoms with Gasteiger partial charge in [-0.2, -0.15) is 0 Å². The Bertz CT molecular complexity index is 972. The van der Waals surface area contributed by atoms with Crippen molar-refractivity contribution in [1.29, 1.82) is 0 Å². The van der Waals surface area contributed by atoms with Gasteiger partial charge in [-0.1, -0.05) is 93.2 Å². The van der Waals surface area contributed by atoms with Crippen molar-refractivity contribution in [2.45, 2.75) is 38.8 Å². The fourth-order valence-corrected chi connectivity index (χ4v) is 2.43. The zero-order chi connectivity index (χ0) is 27.3. The standard InChI is InChI=1S/C26H33N3O7/c1-3-19(2)24(26(35)36)29-23(32)17-15-13-11-9-7-5-4-6-8-10-12-14-16-22(31)28-20(25(33)34)18-21(27)30/h4-17,19-20,24H,3,18H2,1-2H3,(H2,27,30)(H,28,31)(H,29,32)(H,33,34)(H,35,36). The van der Waals surface area contributed by atoms with Crippen LogP contribution in [0.5, 0.6) is 0 Å². The molecule has 0 radical (unpaired) electrons. The Balaban J connectivity index is 4.38. The summed E-state index contributed by atoms with van der Waals surface area (Å²) in [5.41, 5.74) is 4.94. The normalized spacial score (nSPS) is 14.9. The largest absolute Gasteiger partial charge is 0.480 e. The number of carbonyl (C=O) groups is 5. The first kappa shape index (κ1) is 31.5. The van der Waals surface area contributed by atoms with Crippen molar-refractivity contribution in [1.82, 2.24) is 10.6 Å². The highest BCUT2D eigenvalue weighted by atomic mass is 16.4. The zero-order valence-electron chi connectivity index (χ0n) is 20.2. The highest BCUT2D eigenvalue weighted by molar-refractivity contribution is 5.93. The molecule has 10 nitrogen and oxygen atoms in total. The van der Waals surface area contributed by atoms with Crippen molar-refractivity contribution in [3.8, 4) is 0 Å². The van der Waals surface area contributed by atoms with Crippen LogP contribution in [0, 0.1) is 5.92 Å². The van der Waals surface area contributed by atoms with Crippen LogP contribution in [-0.4, -0.2) is 52.0 Å². The molecule has 36 heavy (non-hydrogen) atoms. The molecule has 0 rings (SSSR count). The Labute approximate surface area is 210 Å². The number of aliphatic carboxylic acids is 2. The van der Waals surface area contributed by atoms with E-state index in [2.05, 4.69) is 10.6 Å². The summed E-state index contributed by atoms with van der Waals surface area (Å²) in [5, 5.41) is 22.7. The maximum absolute atomic E-state index is 11.8. The molecule has 10 heteroatoms. The van der Waals surface area contributed by atoms with E-state index in [0.29, 0.717) is 6.42 Å². The smallest absolute Gasteiger partial charge is 0.326 e. The molecule has 0 aliphatic carbocycles. The maximum Gasteiger partial charge on any atom is 0.326 e. The molecular formula is C26H33N3O7. The van der Waals surface area contributed by atoms with Gasteiger partial charge in [0.25, 0.3) is 0 Å². The number of primary amides is 1. The van der Waals surface area contributed by atoms with E-state index in [9.17, 15) is 24.0 Å². The van der Waals surface area contributed by atoms with Crippen LogP contribution in [-0.2, 0) is 24.0 Å². The van der Waals surface area contributed by atoms with E-state index in [1.807, 2.05) is 6.92 Å². The molecule has 0 bridgehead atoms. The lowest BCUT2D eigenvalue weighted by atomic mass is 9.99. The van der Waals surface area contributed by atoms with Crippen molar-refractivity contribution >= 4 is 29.7 Å². The van der Waals surface area contributed by atoms with Crippen LogP contribution in [0.3, 0.4) is 0 Å². The third-order valence-corrected chi connectivity index (χ3v) is 4.51. The second-order valence-corrected chi connectivity index (χ2v) is 7.42. The van der Waals surface area contributed by atoms with Crippen molar-refractivity contribution in [3.05, 3.63) is 85.1 Å². The Hall–Kier alpha value is -4.47. The van der Waals surface area contributed by atoms with Crippen LogP contribution in [0.25, 0.3) is 0 Å². The third kappa shape index (κ3) is 16.2. The first-order valence-electron chi connectivity index (χ1n) is 11.1. The molecule has 0 saturated heterocycles. The van der Waals surface area contributed by atoms with Crippen molar-refractivity contribution in [2.24, 2.45) is 11.7 Å². The van der Waals surface area contributed by atoms with E-state index in [4.69, 9.17) is 15.9 Å². The summed E-state index contributed by atoms with van der Waals surface area (Å²) in [5.74, 6) is -4.56. The number of nitrogens with one attached hydrogen (secondary N) is 2. The van der Waals surface area contributed by atoms with E-state index in [1.165, 1.54) is 18.2 Å². The van der Waals surface area contributed by atoms with Crippen LogP contribution >= 0.6 is 0 Å². The Morgan fingerprint density at radius 3 is 1.42 bits per heavy atom. The number of amides is 3. The van der Waals surface area contributed by atoms with Gasteiger partial charge >= 0.3 is 11.9 Å². The zero-order valence-corrected chi connectivity index (χ0v) is 20.2. The van der Waals surface area contributed by atoms with E-state index < -0.39 is 48.2 Å². The molecule has 3 amide bonds. The van der Waals surface area contributed by atoms with Crippen LogP contribution in [0.2, 0.25) is 0 Å². The molecule has 0 aromatic heterocycles. The third-order valence-electron chi connectivity index (χ3n) is 4.51. The lowest BCUT2D eigenvalue weighted by molar-refractivity contribution is -0.143. The fraction of sp³-hybridized carbons (Fsp3) is 0.269. The molecule has 0 spiro atoms. The number of allylic oxidation sites excluding steroid dienone is 12. The fourth-order valence-electron chi connectivity index (χ4n) is 2.43. The van der Waals surface area contributed by atoms with Gasteiger partial charge in [-0.05, 0) is 5.92 Å². The lowest BCUT2D eigenvalue weighted by Crippen LogP contribution is -2.44.